The Morgan fingerprint density at radius 2 is 1.87 bits per heavy atom. The third-order valence-electron chi connectivity index (χ3n) is 11.1. The first-order chi connectivity index (χ1) is 17.3. The largest absolute Gasteiger partial charge is 0.451 e. The van der Waals surface area contributed by atoms with Crippen LogP contribution < -0.4 is 0 Å². The molecule has 0 saturated heterocycles. The molecule has 2 N–H and O–H groups in total. The van der Waals surface area contributed by atoms with Crippen LogP contribution in [0.1, 0.15) is 68.7 Å². The van der Waals surface area contributed by atoms with E-state index >= 15 is 0 Å². The summed E-state index contributed by atoms with van der Waals surface area (Å²) in [5.41, 5.74) is -1.88. The number of hydrogen-bond donors (Lipinski definition) is 2. The number of fused-ring (bicyclic) bond motifs is 3. The van der Waals surface area contributed by atoms with Crippen LogP contribution in [0, 0.1) is 34.5 Å². The van der Waals surface area contributed by atoms with Crippen LogP contribution in [-0.2, 0) is 18.8 Å². The van der Waals surface area contributed by atoms with Gasteiger partial charge in [-0.05, 0) is 79.6 Å². The van der Waals surface area contributed by atoms with Gasteiger partial charge in [0.1, 0.15) is 6.10 Å². The van der Waals surface area contributed by atoms with Gasteiger partial charge in [-0.1, -0.05) is 59.8 Å². The summed E-state index contributed by atoms with van der Waals surface area (Å²) in [5.74, 6) is -0.863. The molecule has 1 spiro atoms. The molecule has 0 amide bonds. The number of allylic oxidation sites excluding steroid dienone is 2. The van der Waals surface area contributed by atoms with Crippen molar-refractivity contribution >= 4 is 20.1 Å². The van der Waals surface area contributed by atoms with Gasteiger partial charge in [0.25, 0.3) is 0 Å². The second-order valence-electron chi connectivity index (χ2n) is 14.5. The van der Waals surface area contributed by atoms with Gasteiger partial charge < -0.3 is 19.4 Å². The van der Waals surface area contributed by atoms with Gasteiger partial charge in [0.15, 0.2) is 25.8 Å². The lowest BCUT2D eigenvalue weighted by Crippen LogP contribution is -2.66. The highest BCUT2D eigenvalue weighted by Crippen LogP contribution is 2.71. The number of ether oxygens (including phenoxy) is 1. The zero-order valence-electron chi connectivity index (χ0n) is 25.1. The number of carbonyl (C=O) groups excluding carboxylic acids is 2. The zero-order valence-corrected chi connectivity index (χ0v) is 26.1. The molecule has 0 aliphatic heterocycles. The third-order valence-corrected chi connectivity index (χ3v) is 15.6. The monoisotopic (exact) mass is 544 g/mol. The van der Waals surface area contributed by atoms with Crippen molar-refractivity contribution in [2.75, 3.05) is 6.61 Å². The maximum atomic E-state index is 14.7. The highest BCUT2D eigenvalue weighted by Gasteiger charge is 2.76. The Labute approximate surface area is 229 Å². The van der Waals surface area contributed by atoms with Crippen molar-refractivity contribution in [3.05, 3.63) is 34.9 Å². The number of ketones is 1. The second kappa shape index (κ2) is 8.98. The molecule has 0 heterocycles. The van der Waals surface area contributed by atoms with Crippen molar-refractivity contribution in [2.24, 2.45) is 34.5 Å². The lowest BCUT2D eigenvalue weighted by molar-refractivity contribution is -0.201. The maximum Gasteiger partial charge on any atom is 0.334 e. The van der Waals surface area contributed by atoms with Gasteiger partial charge in [-0.15, -0.1) is 0 Å². The molecule has 212 valence electrons. The zero-order chi connectivity index (χ0) is 28.8. The molecule has 38 heavy (non-hydrogen) atoms. The molecule has 0 aromatic heterocycles. The SMILES string of the molecule is C/C=C(/C)C(=O)O[C@H]1C(C)=CC23C(=O)C(C=C(CO[Si](C)(C)C(C)(C)C)[C@@H](O)[C@]12O)[C@H]1[C@@H](C[C@H]3C)C1(C)C. The topological polar surface area (TPSA) is 93.1 Å². The highest BCUT2D eigenvalue weighted by atomic mass is 28.4. The number of Topliss-reactive ketones (excluding diaryl/α,β-unsaturated/α-hetero) is 1. The molecule has 4 rings (SSSR count). The molecule has 2 saturated carbocycles. The van der Waals surface area contributed by atoms with Crippen LogP contribution in [-0.4, -0.2) is 54.7 Å². The normalized spacial score (nSPS) is 40.3. The van der Waals surface area contributed by atoms with Crippen molar-refractivity contribution in [3.63, 3.8) is 0 Å². The fraction of sp³-hybridized carbons (Fsp3) is 0.742. The molecule has 0 aromatic carbocycles. The van der Waals surface area contributed by atoms with Gasteiger partial charge in [0.2, 0.25) is 0 Å². The summed E-state index contributed by atoms with van der Waals surface area (Å²) < 4.78 is 12.5. The number of aliphatic hydroxyl groups is 2. The average Bonchev–Trinajstić information content (AvgIpc) is 3.30. The fourth-order valence-corrected chi connectivity index (χ4v) is 8.34. The predicted octanol–water partition coefficient (Wildman–Crippen LogP) is 5.36. The van der Waals surface area contributed by atoms with E-state index in [9.17, 15) is 19.8 Å². The Bertz CT molecular complexity index is 1120. The molecule has 2 fully saturated rings. The van der Waals surface area contributed by atoms with E-state index in [0.29, 0.717) is 22.6 Å². The second-order valence-corrected chi connectivity index (χ2v) is 19.3. The maximum absolute atomic E-state index is 14.7. The van der Waals surface area contributed by atoms with Crippen LogP contribution in [0.2, 0.25) is 18.1 Å². The van der Waals surface area contributed by atoms with Crippen molar-refractivity contribution in [3.8, 4) is 0 Å². The van der Waals surface area contributed by atoms with E-state index in [0.717, 1.165) is 6.42 Å². The molecular weight excluding hydrogens is 496 g/mol. The molecule has 2 unspecified atom stereocenters. The van der Waals surface area contributed by atoms with Gasteiger partial charge in [0.05, 0.1) is 12.0 Å². The van der Waals surface area contributed by atoms with E-state index < -0.39 is 43.4 Å². The summed E-state index contributed by atoms with van der Waals surface area (Å²) in [5, 5.41) is 24.8. The number of aliphatic hydroxyl groups excluding tert-OH is 1. The van der Waals surface area contributed by atoms with Gasteiger partial charge in [-0.2, -0.15) is 0 Å². The van der Waals surface area contributed by atoms with Crippen LogP contribution in [0.4, 0.5) is 0 Å². The van der Waals surface area contributed by atoms with Crippen molar-refractivity contribution in [1.82, 2.24) is 0 Å². The quantitative estimate of drug-likeness (QED) is 0.209. The first-order valence-corrected chi connectivity index (χ1v) is 17.0. The van der Waals surface area contributed by atoms with Gasteiger partial charge in [-0.3, -0.25) is 4.79 Å². The molecular formula is C31H48O6Si. The summed E-state index contributed by atoms with van der Waals surface area (Å²) >= 11 is 0. The van der Waals surface area contributed by atoms with Crippen LogP contribution in [0.15, 0.2) is 34.9 Å². The van der Waals surface area contributed by atoms with Crippen molar-refractivity contribution in [1.29, 1.82) is 0 Å². The minimum absolute atomic E-state index is 0.00222. The fourth-order valence-electron chi connectivity index (χ4n) is 7.38. The first kappa shape index (κ1) is 29.4. The minimum Gasteiger partial charge on any atom is -0.451 e. The van der Waals surface area contributed by atoms with Gasteiger partial charge in [-0.25, -0.2) is 4.79 Å². The van der Waals surface area contributed by atoms with Crippen LogP contribution >= 0.6 is 0 Å². The number of hydrogen-bond acceptors (Lipinski definition) is 6. The molecule has 4 aliphatic rings. The minimum atomic E-state index is -2.20. The van der Waals surface area contributed by atoms with E-state index in [1.54, 1.807) is 26.8 Å². The summed E-state index contributed by atoms with van der Waals surface area (Å²) in [4.78, 5) is 27.6. The lowest BCUT2D eigenvalue weighted by atomic mass is 9.59. The predicted molar refractivity (Wildman–Crippen MR) is 151 cm³/mol. The molecule has 8 atom stereocenters. The smallest absolute Gasteiger partial charge is 0.334 e. The average molecular weight is 545 g/mol. The number of rotatable bonds is 5. The van der Waals surface area contributed by atoms with E-state index in [4.69, 9.17) is 9.16 Å². The first-order valence-electron chi connectivity index (χ1n) is 14.1. The molecule has 0 radical (unpaired) electrons. The molecule has 0 aromatic rings. The summed E-state index contributed by atoms with van der Waals surface area (Å²) in [6.07, 6.45) is 3.56. The standard InChI is InChI=1S/C31H48O6Si/c1-12-17(2)27(34)37-26-18(3)15-30-19(4)13-22-23(29(22,8)9)21(25(30)33)14-20(24(32)31(26,30)35)16-36-38(10,11)28(5,6)7/h12,14-15,19,21-24,26,32,35H,13,16H2,1-11H3/b17-12-/t19-,21?,22-,23+,24-,26+,30?,31+/m1/s1. The third kappa shape index (κ3) is 3.90. The van der Waals surface area contributed by atoms with Crippen LogP contribution in [0.25, 0.3) is 0 Å². The van der Waals surface area contributed by atoms with E-state index in [-0.39, 0.29) is 34.7 Å². The number of carbonyl (C=O) groups is 2. The number of esters is 1. The van der Waals surface area contributed by atoms with Crippen molar-refractivity contribution < 1.29 is 29.0 Å². The Morgan fingerprint density at radius 3 is 2.42 bits per heavy atom. The van der Waals surface area contributed by atoms with E-state index in [1.165, 1.54) is 0 Å². The van der Waals surface area contributed by atoms with Gasteiger partial charge >= 0.3 is 5.97 Å². The highest BCUT2D eigenvalue weighted by molar-refractivity contribution is 6.74. The molecule has 6 nitrogen and oxygen atoms in total. The molecule has 4 aliphatic carbocycles. The summed E-state index contributed by atoms with van der Waals surface area (Å²) in [6, 6.07) is 0. The Hall–Kier alpha value is -1.54. The summed E-state index contributed by atoms with van der Waals surface area (Å²) in [7, 11) is -2.20. The Balaban J connectivity index is 1.87. The Morgan fingerprint density at radius 1 is 1.26 bits per heavy atom. The van der Waals surface area contributed by atoms with E-state index in [2.05, 4.69) is 47.7 Å². The van der Waals surface area contributed by atoms with Crippen LogP contribution in [0.3, 0.4) is 0 Å². The van der Waals surface area contributed by atoms with Gasteiger partial charge in [0, 0.05) is 11.5 Å². The van der Waals surface area contributed by atoms with Crippen molar-refractivity contribution in [2.45, 2.75) is 105 Å². The molecule has 2 bridgehead atoms. The van der Waals surface area contributed by atoms with Crippen LogP contribution in [0.5, 0.6) is 0 Å². The molecule has 7 heteroatoms. The lowest BCUT2D eigenvalue weighted by Gasteiger charge is -2.49. The Kier molecular flexibility index (Phi) is 6.96. The van der Waals surface area contributed by atoms with E-state index in [1.807, 2.05) is 19.1 Å². The summed E-state index contributed by atoms with van der Waals surface area (Å²) in [6.45, 7) is 22.5.